The number of piperidine rings is 1. The van der Waals surface area contributed by atoms with Gasteiger partial charge in [-0.25, -0.2) is 0 Å². The zero-order chi connectivity index (χ0) is 29.6. The Hall–Kier alpha value is -2.91. The van der Waals surface area contributed by atoms with E-state index in [1.165, 1.54) is 5.56 Å². The van der Waals surface area contributed by atoms with Gasteiger partial charge in [0.15, 0.2) is 0 Å². The van der Waals surface area contributed by atoms with Crippen LogP contribution in [0.15, 0.2) is 47.3 Å². The van der Waals surface area contributed by atoms with Crippen LogP contribution in [0.2, 0.25) is 5.02 Å². The van der Waals surface area contributed by atoms with Gasteiger partial charge in [-0.05, 0) is 85.5 Å². The van der Waals surface area contributed by atoms with Gasteiger partial charge in [0.1, 0.15) is 12.4 Å². The standard InChI is InChI=1S/C33H42ClN3O5/c1-36-31-18-24(34)6-9-28(31)29(19-32(36)38)27-10-11-35-20-30(27)33(39)37(25-7-8-25)21-23-15-22(5-4-12-40-2)16-26(17-23)42-14-13-41-3/h6,9,15-19,25,27,30,35H,4-5,7-8,10-14,20-21H2,1-3H3/t27?,30-/m0/s1. The van der Waals surface area contributed by atoms with Crippen LogP contribution in [0.4, 0.5) is 0 Å². The van der Waals surface area contributed by atoms with Crippen LogP contribution in [0, 0.1) is 5.92 Å². The summed E-state index contributed by atoms with van der Waals surface area (Å²) in [6, 6.07) is 13.9. The minimum Gasteiger partial charge on any atom is -0.491 e. The predicted octanol–water partition coefficient (Wildman–Crippen LogP) is 4.68. The number of hydrogen-bond acceptors (Lipinski definition) is 6. The van der Waals surface area contributed by atoms with Crippen molar-refractivity contribution in [3.63, 3.8) is 0 Å². The number of aryl methyl sites for hydroxylation is 2. The molecule has 9 heteroatoms. The Labute approximate surface area is 252 Å². The highest BCUT2D eigenvalue weighted by molar-refractivity contribution is 6.31. The van der Waals surface area contributed by atoms with Crippen molar-refractivity contribution in [2.45, 2.75) is 50.6 Å². The molecule has 2 fully saturated rings. The molecule has 5 rings (SSSR count). The van der Waals surface area contributed by atoms with E-state index in [-0.39, 0.29) is 29.3 Å². The van der Waals surface area contributed by atoms with E-state index in [9.17, 15) is 9.59 Å². The number of benzene rings is 2. The Morgan fingerprint density at radius 1 is 1.02 bits per heavy atom. The van der Waals surface area contributed by atoms with Gasteiger partial charge in [0.05, 0.1) is 18.0 Å². The van der Waals surface area contributed by atoms with Gasteiger partial charge in [-0.1, -0.05) is 23.7 Å². The molecule has 226 valence electrons. The minimum atomic E-state index is -0.271. The second-order valence-electron chi connectivity index (χ2n) is 11.5. The second-order valence-corrected chi connectivity index (χ2v) is 11.9. The molecular formula is C33H42ClN3O5. The Morgan fingerprint density at radius 3 is 2.57 bits per heavy atom. The number of carbonyl (C=O) groups excluding carboxylic acids is 1. The molecule has 8 nitrogen and oxygen atoms in total. The summed E-state index contributed by atoms with van der Waals surface area (Å²) in [5, 5.41) is 5.02. The highest BCUT2D eigenvalue weighted by atomic mass is 35.5. The monoisotopic (exact) mass is 595 g/mol. The van der Waals surface area contributed by atoms with Crippen LogP contribution >= 0.6 is 11.6 Å². The first-order valence-corrected chi connectivity index (χ1v) is 15.3. The van der Waals surface area contributed by atoms with Crippen molar-refractivity contribution in [2.24, 2.45) is 13.0 Å². The fraction of sp³-hybridized carbons (Fsp3) is 0.515. The Kier molecular flexibility index (Phi) is 10.2. The molecule has 2 aliphatic rings. The van der Waals surface area contributed by atoms with Gasteiger partial charge < -0.3 is 29.0 Å². The lowest BCUT2D eigenvalue weighted by Gasteiger charge is -2.36. The zero-order valence-electron chi connectivity index (χ0n) is 24.9. The van der Waals surface area contributed by atoms with Gasteiger partial charge in [0.25, 0.3) is 5.56 Å². The fourth-order valence-electron chi connectivity index (χ4n) is 6.14. The molecule has 2 atom stereocenters. The summed E-state index contributed by atoms with van der Waals surface area (Å²) in [5.41, 5.74) is 3.87. The largest absolute Gasteiger partial charge is 0.491 e. The number of methoxy groups -OCH3 is 2. The summed E-state index contributed by atoms with van der Waals surface area (Å²) in [5.74, 6) is 0.602. The summed E-state index contributed by atoms with van der Waals surface area (Å²) >= 11 is 6.31. The first-order chi connectivity index (χ1) is 20.4. The summed E-state index contributed by atoms with van der Waals surface area (Å²) in [4.78, 5) is 29.5. The van der Waals surface area contributed by atoms with Crippen molar-refractivity contribution in [3.05, 3.63) is 74.5 Å². The first kappa shape index (κ1) is 30.5. The average molecular weight is 596 g/mol. The van der Waals surface area contributed by atoms with Crippen molar-refractivity contribution in [1.29, 1.82) is 0 Å². The zero-order valence-corrected chi connectivity index (χ0v) is 25.6. The van der Waals surface area contributed by atoms with Crippen LogP contribution in [0.3, 0.4) is 0 Å². The molecule has 1 aliphatic carbocycles. The van der Waals surface area contributed by atoms with Gasteiger partial charge in [0.2, 0.25) is 5.91 Å². The number of nitrogens with one attached hydrogen (secondary N) is 1. The maximum Gasteiger partial charge on any atom is 0.251 e. The number of fused-ring (bicyclic) bond motifs is 1. The number of carbonyl (C=O) groups is 1. The van der Waals surface area contributed by atoms with E-state index in [0.29, 0.717) is 37.9 Å². The number of pyridine rings is 1. The second kappa shape index (κ2) is 14.0. The number of hydrogen-bond donors (Lipinski definition) is 1. The van der Waals surface area contributed by atoms with E-state index < -0.39 is 0 Å². The van der Waals surface area contributed by atoms with E-state index in [0.717, 1.165) is 66.4 Å². The third-order valence-corrected chi connectivity index (χ3v) is 8.70. The van der Waals surface area contributed by atoms with Crippen LogP contribution in [0.5, 0.6) is 5.75 Å². The number of halogens is 1. The van der Waals surface area contributed by atoms with Crippen LogP contribution in [-0.2, 0) is 34.3 Å². The topological polar surface area (TPSA) is 82.0 Å². The number of aromatic nitrogens is 1. The first-order valence-electron chi connectivity index (χ1n) is 14.9. The number of ether oxygens (including phenoxy) is 3. The molecule has 1 saturated carbocycles. The molecule has 1 N–H and O–H groups in total. The Balaban J connectivity index is 1.44. The lowest BCUT2D eigenvalue weighted by Crippen LogP contribution is -2.47. The normalized spacial score (nSPS) is 18.8. The molecule has 0 radical (unpaired) electrons. The molecule has 3 aromatic rings. The van der Waals surface area contributed by atoms with Crippen molar-refractivity contribution >= 4 is 28.4 Å². The summed E-state index contributed by atoms with van der Waals surface area (Å²) in [7, 11) is 5.14. The smallest absolute Gasteiger partial charge is 0.251 e. The minimum absolute atomic E-state index is 0.0640. The highest BCUT2D eigenvalue weighted by Gasteiger charge is 2.40. The number of amides is 1. The third-order valence-electron chi connectivity index (χ3n) is 8.46. The Morgan fingerprint density at radius 2 is 1.81 bits per heavy atom. The van der Waals surface area contributed by atoms with Gasteiger partial charge in [-0.15, -0.1) is 0 Å². The molecule has 1 amide bonds. The van der Waals surface area contributed by atoms with Crippen molar-refractivity contribution in [3.8, 4) is 5.75 Å². The third kappa shape index (κ3) is 7.17. The molecule has 1 aromatic heterocycles. The van der Waals surface area contributed by atoms with E-state index in [1.54, 1.807) is 31.9 Å². The summed E-state index contributed by atoms with van der Waals surface area (Å²) < 4.78 is 18.1. The molecular weight excluding hydrogens is 554 g/mol. The van der Waals surface area contributed by atoms with E-state index >= 15 is 0 Å². The molecule has 1 unspecified atom stereocenters. The molecule has 2 heterocycles. The van der Waals surface area contributed by atoms with Crippen LogP contribution in [-0.4, -0.2) is 68.5 Å². The highest BCUT2D eigenvalue weighted by Crippen LogP contribution is 2.38. The van der Waals surface area contributed by atoms with E-state index in [2.05, 4.69) is 22.3 Å². The molecule has 0 bridgehead atoms. The number of rotatable bonds is 13. The van der Waals surface area contributed by atoms with Gasteiger partial charge >= 0.3 is 0 Å². The van der Waals surface area contributed by atoms with Gasteiger partial charge in [0, 0.05) is 63.5 Å². The van der Waals surface area contributed by atoms with Crippen LogP contribution in [0.25, 0.3) is 10.9 Å². The molecule has 42 heavy (non-hydrogen) atoms. The SMILES string of the molecule is COCCCc1cc(CN(C(=O)[C@H]2CNCCC2c2cc(=O)n(C)c3cc(Cl)ccc23)C2CC2)cc(OCCOC)c1. The van der Waals surface area contributed by atoms with E-state index in [1.807, 2.05) is 24.3 Å². The lowest BCUT2D eigenvalue weighted by atomic mass is 9.79. The van der Waals surface area contributed by atoms with Gasteiger partial charge in [-0.3, -0.25) is 9.59 Å². The average Bonchev–Trinajstić information content (AvgIpc) is 3.83. The Bertz CT molecular complexity index is 1430. The maximum absolute atomic E-state index is 14.4. The van der Waals surface area contributed by atoms with Crippen molar-refractivity contribution in [2.75, 3.05) is 47.1 Å². The number of nitrogens with zero attached hydrogens (tertiary/aromatic N) is 2. The van der Waals surface area contributed by atoms with E-state index in [4.69, 9.17) is 25.8 Å². The van der Waals surface area contributed by atoms with Crippen LogP contribution < -0.4 is 15.6 Å². The summed E-state index contributed by atoms with van der Waals surface area (Å²) in [6.07, 6.45) is 4.58. The maximum atomic E-state index is 14.4. The lowest BCUT2D eigenvalue weighted by molar-refractivity contribution is -0.138. The molecule has 1 aliphatic heterocycles. The fourth-order valence-corrected chi connectivity index (χ4v) is 6.31. The molecule has 1 saturated heterocycles. The molecule has 2 aromatic carbocycles. The molecule has 0 spiro atoms. The predicted molar refractivity (Wildman–Crippen MR) is 165 cm³/mol. The van der Waals surface area contributed by atoms with Crippen molar-refractivity contribution in [1.82, 2.24) is 14.8 Å². The van der Waals surface area contributed by atoms with Gasteiger partial charge in [-0.2, -0.15) is 0 Å². The summed E-state index contributed by atoms with van der Waals surface area (Å²) in [6.45, 7) is 3.57. The van der Waals surface area contributed by atoms with Crippen molar-refractivity contribution < 1.29 is 19.0 Å². The quantitative estimate of drug-likeness (QED) is 0.289. The van der Waals surface area contributed by atoms with Crippen LogP contribution in [0.1, 0.15) is 48.3 Å².